The molecule has 1 amide bonds. The Hall–Kier alpha value is -2.67. The molecule has 26 heavy (non-hydrogen) atoms. The number of carboxylic acids is 1. The molecule has 1 atom stereocenters. The molecule has 1 N–H and O–H groups in total. The molecule has 1 fully saturated rings. The maximum atomic E-state index is 12.6. The number of rotatable bonds is 6. The van der Waals surface area contributed by atoms with Crippen LogP contribution in [0.1, 0.15) is 17.9 Å². The smallest absolute Gasteiger partial charge is 0.313 e. The SMILES string of the molecule is COCC1(C(=O)O)CCN(C(=O)Cc2nc(-c3ccccc3)oc2C)C1. The van der Waals surface area contributed by atoms with E-state index in [0.717, 1.165) is 5.56 Å². The molecule has 1 unspecified atom stereocenters. The highest BCUT2D eigenvalue weighted by Crippen LogP contribution is 2.32. The molecule has 0 radical (unpaired) electrons. The monoisotopic (exact) mass is 358 g/mol. The average Bonchev–Trinajstić information content (AvgIpc) is 3.22. The van der Waals surface area contributed by atoms with Gasteiger partial charge in [-0.05, 0) is 25.5 Å². The molecular formula is C19H22N2O5. The lowest BCUT2D eigenvalue weighted by Crippen LogP contribution is -2.40. The summed E-state index contributed by atoms with van der Waals surface area (Å²) in [5.41, 5.74) is 0.396. The molecule has 0 aliphatic carbocycles. The van der Waals surface area contributed by atoms with E-state index < -0.39 is 11.4 Å². The van der Waals surface area contributed by atoms with Crippen molar-refractivity contribution in [2.24, 2.45) is 5.41 Å². The van der Waals surface area contributed by atoms with Crippen LogP contribution in [0.5, 0.6) is 0 Å². The lowest BCUT2D eigenvalue weighted by molar-refractivity contribution is -0.151. The molecule has 1 aromatic heterocycles. The van der Waals surface area contributed by atoms with Gasteiger partial charge in [-0.2, -0.15) is 0 Å². The van der Waals surface area contributed by atoms with Gasteiger partial charge in [-0.15, -0.1) is 0 Å². The number of hydrogen-bond acceptors (Lipinski definition) is 5. The van der Waals surface area contributed by atoms with Gasteiger partial charge in [-0.1, -0.05) is 18.2 Å². The van der Waals surface area contributed by atoms with Crippen molar-refractivity contribution in [1.29, 1.82) is 0 Å². The molecule has 1 aliphatic heterocycles. The summed E-state index contributed by atoms with van der Waals surface area (Å²) in [7, 11) is 1.47. The Kier molecular flexibility index (Phi) is 5.08. The summed E-state index contributed by atoms with van der Waals surface area (Å²) in [4.78, 5) is 30.3. The standard InChI is InChI=1S/C19H22N2O5/c1-13-15(20-17(26-13)14-6-4-3-5-7-14)10-16(22)21-9-8-19(11-21,12-25-2)18(23)24/h3-7H,8-12H2,1-2H3,(H,23,24). The third-order valence-electron chi connectivity index (χ3n) is 4.81. The fraction of sp³-hybridized carbons (Fsp3) is 0.421. The minimum absolute atomic E-state index is 0.0881. The third-order valence-corrected chi connectivity index (χ3v) is 4.81. The number of ether oxygens (including phenoxy) is 1. The van der Waals surface area contributed by atoms with Gasteiger partial charge >= 0.3 is 5.97 Å². The van der Waals surface area contributed by atoms with Gasteiger partial charge in [0.1, 0.15) is 11.2 Å². The first-order valence-electron chi connectivity index (χ1n) is 8.47. The van der Waals surface area contributed by atoms with Crippen LogP contribution < -0.4 is 0 Å². The zero-order valence-electron chi connectivity index (χ0n) is 14.9. The molecular weight excluding hydrogens is 336 g/mol. The van der Waals surface area contributed by atoms with E-state index >= 15 is 0 Å². The number of benzene rings is 1. The fourth-order valence-electron chi connectivity index (χ4n) is 3.27. The van der Waals surface area contributed by atoms with Crippen LogP contribution in [0.2, 0.25) is 0 Å². The van der Waals surface area contributed by atoms with Crippen LogP contribution in [-0.2, 0) is 20.7 Å². The second-order valence-electron chi connectivity index (χ2n) is 6.65. The number of aryl methyl sites for hydroxylation is 1. The first kappa shape index (κ1) is 18.1. The molecule has 1 saturated heterocycles. The Balaban J connectivity index is 1.71. The van der Waals surface area contributed by atoms with Crippen LogP contribution in [0, 0.1) is 12.3 Å². The second-order valence-corrected chi connectivity index (χ2v) is 6.65. The topological polar surface area (TPSA) is 92.9 Å². The first-order chi connectivity index (χ1) is 12.4. The van der Waals surface area contributed by atoms with Crippen molar-refractivity contribution < 1.29 is 23.8 Å². The fourth-order valence-corrected chi connectivity index (χ4v) is 3.27. The number of carbonyl (C=O) groups is 2. The number of carbonyl (C=O) groups excluding carboxylic acids is 1. The highest BCUT2D eigenvalue weighted by atomic mass is 16.5. The zero-order valence-corrected chi connectivity index (χ0v) is 14.9. The largest absolute Gasteiger partial charge is 0.481 e. The normalized spacial score (nSPS) is 19.7. The number of amides is 1. The van der Waals surface area contributed by atoms with Crippen molar-refractivity contribution in [1.82, 2.24) is 9.88 Å². The number of carboxylic acid groups (broad SMARTS) is 1. The molecule has 7 heteroatoms. The van der Waals surface area contributed by atoms with Crippen LogP contribution in [0.25, 0.3) is 11.5 Å². The van der Waals surface area contributed by atoms with Gasteiger partial charge in [0, 0.05) is 25.8 Å². The van der Waals surface area contributed by atoms with Crippen molar-refractivity contribution >= 4 is 11.9 Å². The van der Waals surface area contributed by atoms with Gasteiger partial charge < -0.3 is 19.2 Å². The van der Waals surface area contributed by atoms with Gasteiger partial charge in [0.15, 0.2) is 0 Å². The van der Waals surface area contributed by atoms with Gasteiger partial charge in [0.05, 0.1) is 18.7 Å². The summed E-state index contributed by atoms with van der Waals surface area (Å²) in [6, 6.07) is 9.48. The number of nitrogens with zero attached hydrogens (tertiary/aromatic N) is 2. The van der Waals surface area contributed by atoms with Crippen LogP contribution in [0.15, 0.2) is 34.7 Å². The Bertz CT molecular complexity index is 802. The Morgan fingerprint density at radius 1 is 1.35 bits per heavy atom. The van der Waals surface area contributed by atoms with Crippen molar-refractivity contribution in [2.75, 3.05) is 26.8 Å². The maximum Gasteiger partial charge on any atom is 0.313 e. The third kappa shape index (κ3) is 3.48. The molecule has 1 aliphatic rings. The van der Waals surface area contributed by atoms with E-state index in [1.165, 1.54) is 7.11 Å². The number of oxazole rings is 1. The Labute approximate surface area is 151 Å². The molecule has 0 saturated carbocycles. The lowest BCUT2D eigenvalue weighted by atomic mass is 9.88. The van der Waals surface area contributed by atoms with Crippen LogP contribution in [0.3, 0.4) is 0 Å². The second kappa shape index (κ2) is 7.29. The quantitative estimate of drug-likeness (QED) is 0.850. The van der Waals surface area contributed by atoms with E-state index in [1.54, 1.807) is 11.8 Å². The summed E-state index contributed by atoms with van der Waals surface area (Å²) >= 11 is 0. The molecule has 2 aromatic rings. The van der Waals surface area contributed by atoms with Crippen LogP contribution >= 0.6 is 0 Å². The minimum atomic E-state index is -1.03. The predicted octanol–water partition coefficient (Wildman–Crippen LogP) is 2.14. The number of hydrogen-bond donors (Lipinski definition) is 1. The van der Waals surface area contributed by atoms with E-state index in [0.29, 0.717) is 30.3 Å². The predicted molar refractivity (Wildman–Crippen MR) is 93.5 cm³/mol. The van der Waals surface area contributed by atoms with Crippen LogP contribution in [0.4, 0.5) is 0 Å². The minimum Gasteiger partial charge on any atom is -0.481 e. The van der Waals surface area contributed by atoms with Crippen molar-refractivity contribution in [3.05, 3.63) is 41.8 Å². The summed E-state index contributed by atoms with van der Waals surface area (Å²) in [6.45, 7) is 2.42. The first-order valence-corrected chi connectivity index (χ1v) is 8.47. The lowest BCUT2D eigenvalue weighted by Gasteiger charge is -2.23. The maximum absolute atomic E-state index is 12.6. The van der Waals surface area contributed by atoms with Gasteiger partial charge in [0.25, 0.3) is 0 Å². The Morgan fingerprint density at radius 2 is 2.08 bits per heavy atom. The van der Waals surface area contributed by atoms with E-state index in [-0.39, 0.29) is 25.5 Å². The molecule has 0 bridgehead atoms. The highest BCUT2D eigenvalue weighted by molar-refractivity contribution is 5.82. The average molecular weight is 358 g/mol. The molecule has 3 rings (SSSR count). The number of aliphatic carboxylic acids is 1. The van der Waals surface area contributed by atoms with Crippen molar-refractivity contribution in [3.8, 4) is 11.5 Å². The van der Waals surface area contributed by atoms with E-state index in [1.807, 2.05) is 30.3 Å². The number of methoxy groups -OCH3 is 1. The number of aromatic nitrogens is 1. The van der Waals surface area contributed by atoms with Crippen molar-refractivity contribution in [3.63, 3.8) is 0 Å². The summed E-state index contributed by atoms with van der Waals surface area (Å²) in [6.07, 6.45) is 0.472. The molecule has 138 valence electrons. The van der Waals surface area contributed by atoms with E-state index in [4.69, 9.17) is 9.15 Å². The van der Waals surface area contributed by atoms with Crippen LogP contribution in [-0.4, -0.2) is 53.7 Å². The summed E-state index contributed by atoms with van der Waals surface area (Å²) in [5, 5.41) is 9.51. The zero-order chi connectivity index (χ0) is 18.7. The van der Waals surface area contributed by atoms with E-state index in [9.17, 15) is 14.7 Å². The van der Waals surface area contributed by atoms with Gasteiger partial charge in [-0.3, -0.25) is 9.59 Å². The molecule has 1 aromatic carbocycles. The van der Waals surface area contributed by atoms with E-state index in [2.05, 4.69) is 4.98 Å². The molecule has 0 spiro atoms. The summed E-state index contributed by atoms with van der Waals surface area (Å²) in [5.74, 6) is -0.0109. The van der Waals surface area contributed by atoms with Crippen molar-refractivity contribution in [2.45, 2.75) is 19.8 Å². The number of likely N-dealkylation sites (tertiary alicyclic amines) is 1. The molecule has 2 heterocycles. The summed E-state index contributed by atoms with van der Waals surface area (Å²) < 4.78 is 10.7. The van der Waals surface area contributed by atoms with Gasteiger partial charge in [-0.25, -0.2) is 4.98 Å². The highest BCUT2D eigenvalue weighted by Gasteiger charge is 2.46. The van der Waals surface area contributed by atoms with Gasteiger partial charge in [0.2, 0.25) is 11.8 Å². The Morgan fingerprint density at radius 3 is 2.73 bits per heavy atom. The molecule has 7 nitrogen and oxygen atoms in total.